The van der Waals surface area contributed by atoms with E-state index in [0.717, 1.165) is 16.1 Å². The largest absolute Gasteiger partial charge is 0.480 e. The van der Waals surface area contributed by atoms with Gasteiger partial charge in [-0.1, -0.05) is 24.3 Å². The molecule has 1 amide bonds. The van der Waals surface area contributed by atoms with Gasteiger partial charge in [-0.25, -0.2) is 18.3 Å². The molecule has 0 aliphatic carbocycles. The summed E-state index contributed by atoms with van der Waals surface area (Å²) in [5, 5.41) is 21.6. The maximum Gasteiger partial charge on any atom is 0.328 e. The zero-order valence-corrected chi connectivity index (χ0v) is 18.8. The second kappa shape index (κ2) is 10.0. The number of thiazole rings is 1. The molecule has 0 aliphatic heterocycles. The van der Waals surface area contributed by atoms with E-state index < -0.39 is 35.8 Å². The van der Waals surface area contributed by atoms with Gasteiger partial charge in [-0.3, -0.25) is 9.35 Å². The highest BCUT2D eigenvalue weighted by Crippen LogP contribution is 2.36. The van der Waals surface area contributed by atoms with Crippen molar-refractivity contribution in [2.24, 2.45) is 0 Å². The van der Waals surface area contributed by atoms with Crippen LogP contribution in [0.4, 0.5) is 10.7 Å². The molecule has 0 saturated carbocycles. The van der Waals surface area contributed by atoms with Crippen molar-refractivity contribution in [3.8, 4) is 11.1 Å². The highest BCUT2D eigenvalue weighted by Gasteiger charge is 2.22. The number of anilines is 2. The second-order valence-electron chi connectivity index (χ2n) is 6.82. The first-order chi connectivity index (χ1) is 15.2. The van der Waals surface area contributed by atoms with Crippen molar-refractivity contribution in [1.82, 2.24) is 10.3 Å². The molecule has 168 valence electrons. The first kappa shape index (κ1) is 23.5. The van der Waals surface area contributed by atoms with Crippen LogP contribution in [0.1, 0.15) is 21.1 Å². The number of aliphatic carboxylic acids is 1. The summed E-state index contributed by atoms with van der Waals surface area (Å²) in [6.07, 6.45) is 0. The molecule has 2 atom stereocenters. The van der Waals surface area contributed by atoms with Gasteiger partial charge in [-0.05, 0) is 49.2 Å². The van der Waals surface area contributed by atoms with Crippen LogP contribution in [0, 0.1) is 13.8 Å². The van der Waals surface area contributed by atoms with Crippen LogP contribution in [0.2, 0.25) is 0 Å². The van der Waals surface area contributed by atoms with E-state index in [4.69, 9.17) is 10.2 Å². The van der Waals surface area contributed by atoms with Crippen LogP contribution in [0.5, 0.6) is 0 Å². The van der Waals surface area contributed by atoms with Gasteiger partial charge in [0, 0.05) is 5.56 Å². The number of aliphatic hydroxyl groups excluding tert-OH is 1. The fraction of sp³-hybridized carbons (Fsp3) is 0.190. The number of nitrogens with one attached hydrogen (secondary N) is 1. The number of carboxylic acids is 1. The fourth-order valence-corrected chi connectivity index (χ4v) is 4.76. The van der Waals surface area contributed by atoms with Crippen LogP contribution in [0.25, 0.3) is 11.1 Å². The van der Waals surface area contributed by atoms with Crippen molar-refractivity contribution >= 4 is 45.2 Å². The minimum absolute atomic E-state index is 0.235. The Kier molecular flexibility index (Phi) is 7.36. The summed E-state index contributed by atoms with van der Waals surface area (Å²) < 4.78 is 23.3. The van der Waals surface area contributed by atoms with Crippen LogP contribution in [-0.2, 0) is 16.1 Å². The van der Waals surface area contributed by atoms with E-state index in [9.17, 15) is 18.4 Å². The third-order valence-corrected chi connectivity index (χ3v) is 6.45. The minimum Gasteiger partial charge on any atom is -0.480 e. The monoisotopic (exact) mass is 475 g/mol. The Bertz CT molecular complexity index is 1160. The van der Waals surface area contributed by atoms with E-state index in [1.807, 2.05) is 13.0 Å². The van der Waals surface area contributed by atoms with E-state index in [1.165, 1.54) is 27.8 Å². The lowest BCUT2D eigenvalue weighted by atomic mass is 10.0. The summed E-state index contributed by atoms with van der Waals surface area (Å²) >= 11 is -0.986. The third-order valence-electron chi connectivity index (χ3n) is 4.57. The summed E-state index contributed by atoms with van der Waals surface area (Å²) in [6.45, 7) is 2.89. The van der Waals surface area contributed by atoms with Gasteiger partial charge in [0.15, 0.2) is 6.04 Å². The Morgan fingerprint density at radius 1 is 1.16 bits per heavy atom. The smallest absolute Gasteiger partial charge is 0.328 e. The molecule has 3 aromatic rings. The van der Waals surface area contributed by atoms with Gasteiger partial charge < -0.3 is 15.5 Å². The van der Waals surface area contributed by atoms with E-state index >= 15 is 0 Å². The van der Waals surface area contributed by atoms with E-state index in [1.54, 1.807) is 37.3 Å². The number of nitrogens with zero attached hydrogens (tertiary/aromatic N) is 2. The first-order valence-electron chi connectivity index (χ1n) is 9.41. The number of benzene rings is 2. The molecular weight excluding hydrogens is 454 g/mol. The lowest BCUT2D eigenvalue weighted by molar-refractivity contribution is -0.140. The summed E-state index contributed by atoms with van der Waals surface area (Å²) in [5.41, 5.74) is 2.89. The van der Waals surface area contributed by atoms with Gasteiger partial charge in [-0.2, -0.15) is 0 Å². The van der Waals surface area contributed by atoms with Gasteiger partial charge in [0.05, 0.1) is 23.0 Å². The number of carboxylic acid groups (broad SMARTS) is 1. The SMILES string of the molecule is Cc1nc(C)c(N(c2cccc(-c3ccc(C(=O)NC(CO)C(=O)O)cc3)c2)S(=O)O)s1. The summed E-state index contributed by atoms with van der Waals surface area (Å²) in [7, 11) is 0. The van der Waals surface area contributed by atoms with Crippen molar-refractivity contribution in [3.63, 3.8) is 0 Å². The van der Waals surface area contributed by atoms with Crippen molar-refractivity contribution in [1.29, 1.82) is 0 Å². The van der Waals surface area contributed by atoms with Gasteiger partial charge in [0.25, 0.3) is 17.2 Å². The van der Waals surface area contributed by atoms with Crippen molar-refractivity contribution in [2.75, 3.05) is 10.9 Å². The molecule has 2 aromatic carbocycles. The number of aryl methyl sites for hydroxylation is 2. The molecule has 3 rings (SSSR count). The standard InChI is InChI=1S/C21H21N3O6S2/c1-12-20(31-13(2)22-12)24(32(29)30)17-5-3-4-16(10-17)14-6-8-15(9-7-14)19(26)23-18(11-25)21(27)28/h3-10,18,25H,11H2,1-2H3,(H,23,26)(H,27,28)(H,29,30). The molecule has 0 radical (unpaired) electrons. The maximum absolute atomic E-state index is 12.2. The average Bonchev–Trinajstić information content (AvgIpc) is 3.09. The van der Waals surface area contributed by atoms with Crippen molar-refractivity contribution in [2.45, 2.75) is 19.9 Å². The van der Waals surface area contributed by atoms with Crippen LogP contribution in [0.3, 0.4) is 0 Å². The van der Waals surface area contributed by atoms with E-state index in [-0.39, 0.29) is 5.56 Å². The number of rotatable bonds is 8. The van der Waals surface area contributed by atoms with Crippen LogP contribution >= 0.6 is 11.3 Å². The first-order valence-corrected chi connectivity index (χ1v) is 11.3. The molecule has 0 spiro atoms. The molecule has 4 N–H and O–H groups in total. The molecule has 1 aromatic heterocycles. The summed E-state index contributed by atoms with van der Waals surface area (Å²) in [4.78, 5) is 27.5. The third kappa shape index (κ3) is 5.19. The predicted molar refractivity (Wildman–Crippen MR) is 122 cm³/mol. The van der Waals surface area contributed by atoms with Gasteiger partial charge in [0.2, 0.25) is 0 Å². The fourth-order valence-electron chi connectivity index (χ4n) is 3.04. The lowest BCUT2D eigenvalue weighted by Crippen LogP contribution is -2.43. The normalized spacial score (nSPS) is 12.8. The number of amides is 1. The number of carbonyl (C=O) groups is 2. The van der Waals surface area contributed by atoms with Crippen LogP contribution < -0.4 is 9.62 Å². The van der Waals surface area contributed by atoms with Gasteiger partial charge in [0.1, 0.15) is 5.00 Å². The average molecular weight is 476 g/mol. The van der Waals surface area contributed by atoms with Crippen LogP contribution in [0.15, 0.2) is 48.5 Å². The number of aliphatic hydroxyl groups is 1. The Balaban J connectivity index is 1.87. The lowest BCUT2D eigenvalue weighted by Gasteiger charge is -2.19. The second-order valence-corrected chi connectivity index (χ2v) is 8.83. The molecule has 0 saturated heterocycles. The number of carbonyl (C=O) groups excluding carboxylic acids is 1. The zero-order chi connectivity index (χ0) is 23.4. The highest BCUT2D eigenvalue weighted by atomic mass is 32.2. The molecule has 0 aliphatic rings. The zero-order valence-electron chi connectivity index (χ0n) is 17.2. The van der Waals surface area contributed by atoms with Crippen molar-refractivity contribution < 1.29 is 28.6 Å². The van der Waals surface area contributed by atoms with Crippen molar-refractivity contribution in [3.05, 3.63) is 64.8 Å². The molecule has 9 nitrogen and oxygen atoms in total. The Hall–Kier alpha value is -3.12. The minimum atomic E-state index is -2.31. The molecule has 0 fully saturated rings. The molecule has 11 heteroatoms. The van der Waals surface area contributed by atoms with E-state index in [2.05, 4.69) is 10.3 Å². The number of aromatic nitrogens is 1. The quantitative estimate of drug-likeness (QED) is 0.367. The Morgan fingerprint density at radius 2 is 1.84 bits per heavy atom. The number of hydrogen-bond donors (Lipinski definition) is 4. The van der Waals surface area contributed by atoms with Gasteiger partial charge >= 0.3 is 5.97 Å². The van der Waals surface area contributed by atoms with Gasteiger partial charge in [-0.15, -0.1) is 11.3 Å². The molecule has 1 heterocycles. The predicted octanol–water partition coefficient (Wildman–Crippen LogP) is 2.88. The highest BCUT2D eigenvalue weighted by molar-refractivity contribution is 7.81. The molecule has 2 unspecified atom stereocenters. The maximum atomic E-state index is 12.2. The molecule has 0 bridgehead atoms. The summed E-state index contributed by atoms with van der Waals surface area (Å²) in [5.74, 6) is -1.95. The van der Waals surface area contributed by atoms with E-state index in [0.29, 0.717) is 16.4 Å². The topological polar surface area (TPSA) is 140 Å². The Labute approximate surface area is 190 Å². The van der Waals surface area contributed by atoms with Crippen LogP contribution in [-0.4, -0.2) is 48.5 Å². The molecule has 32 heavy (non-hydrogen) atoms. The molecular formula is C21H21N3O6S2. The number of hydrogen-bond acceptors (Lipinski definition) is 6. The summed E-state index contributed by atoms with van der Waals surface area (Å²) in [6, 6.07) is 12.1. The Morgan fingerprint density at radius 3 is 2.38 bits per heavy atom.